The lowest BCUT2D eigenvalue weighted by molar-refractivity contribution is -0.121. The minimum Gasteiger partial charge on any atom is -0.497 e. The summed E-state index contributed by atoms with van der Waals surface area (Å²) in [5.41, 5.74) is 1.74. The number of methoxy groups -OCH3 is 1. The first kappa shape index (κ1) is 15.1. The molecule has 5 nitrogen and oxygen atoms in total. The largest absolute Gasteiger partial charge is 0.497 e. The fourth-order valence-electron chi connectivity index (χ4n) is 1.99. The smallest absolute Gasteiger partial charge is 0.219 e. The van der Waals surface area contributed by atoms with Gasteiger partial charge in [0.15, 0.2) is 5.76 Å². The average Bonchev–Trinajstić information content (AvgIpc) is 2.96. The van der Waals surface area contributed by atoms with Crippen molar-refractivity contribution in [3.63, 3.8) is 0 Å². The maximum absolute atomic E-state index is 11.4. The van der Waals surface area contributed by atoms with E-state index in [9.17, 15) is 4.79 Å². The summed E-state index contributed by atoms with van der Waals surface area (Å²) in [5.74, 6) is 1.55. The molecule has 1 N–H and O–H groups in total. The van der Waals surface area contributed by atoms with Gasteiger partial charge in [-0.25, -0.2) is 0 Å². The molecule has 2 rings (SSSR count). The molecular formula is C16H20N2O3. The van der Waals surface area contributed by atoms with Gasteiger partial charge >= 0.3 is 0 Å². The monoisotopic (exact) mass is 288 g/mol. The molecule has 0 radical (unpaired) electrons. The summed E-state index contributed by atoms with van der Waals surface area (Å²) in [6.45, 7) is 2.56. The molecule has 1 amide bonds. The van der Waals surface area contributed by atoms with E-state index >= 15 is 0 Å². The highest BCUT2D eigenvalue weighted by molar-refractivity contribution is 5.75. The summed E-state index contributed by atoms with van der Waals surface area (Å²) in [7, 11) is 1.63. The van der Waals surface area contributed by atoms with Crippen molar-refractivity contribution in [3.05, 3.63) is 36.0 Å². The van der Waals surface area contributed by atoms with Crippen LogP contribution in [0, 0.1) is 0 Å². The molecule has 0 aliphatic carbocycles. The van der Waals surface area contributed by atoms with Crippen molar-refractivity contribution < 1.29 is 14.1 Å². The Bertz CT molecular complexity index is 593. The summed E-state index contributed by atoms with van der Waals surface area (Å²) >= 11 is 0. The van der Waals surface area contributed by atoms with Crippen LogP contribution >= 0.6 is 0 Å². The van der Waals surface area contributed by atoms with E-state index in [0.717, 1.165) is 23.4 Å². The van der Waals surface area contributed by atoms with Gasteiger partial charge in [0.1, 0.15) is 5.75 Å². The summed E-state index contributed by atoms with van der Waals surface area (Å²) < 4.78 is 10.5. The van der Waals surface area contributed by atoms with Gasteiger partial charge in [-0.1, -0.05) is 24.2 Å². The zero-order valence-corrected chi connectivity index (χ0v) is 12.4. The maximum Gasteiger partial charge on any atom is 0.219 e. The van der Waals surface area contributed by atoms with Gasteiger partial charge in [-0.05, 0) is 18.6 Å². The Labute approximate surface area is 124 Å². The highest BCUT2D eigenvalue weighted by Gasteiger charge is 2.08. The topological polar surface area (TPSA) is 64.4 Å². The van der Waals surface area contributed by atoms with Gasteiger partial charge in [0.05, 0.1) is 12.8 Å². The second-order valence-electron chi connectivity index (χ2n) is 4.76. The first-order chi connectivity index (χ1) is 10.2. The number of carbonyl (C=O) groups is 1. The van der Waals surface area contributed by atoms with Gasteiger partial charge in [-0.3, -0.25) is 4.79 Å². The molecule has 21 heavy (non-hydrogen) atoms. The van der Waals surface area contributed by atoms with Crippen molar-refractivity contribution in [1.29, 1.82) is 0 Å². The number of amides is 1. The van der Waals surface area contributed by atoms with Crippen molar-refractivity contribution in [1.82, 2.24) is 10.5 Å². The van der Waals surface area contributed by atoms with Gasteiger partial charge in [0.2, 0.25) is 5.91 Å². The van der Waals surface area contributed by atoms with E-state index in [0.29, 0.717) is 25.1 Å². The maximum atomic E-state index is 11.4. The molecule has 0 atom stereocenters. The molecule has 0 unspecified atom stereocenters. The van der Waals surface area contributed by atoms with Crippen molar-refractivity contribution in [3.8, 4) is 17.1 Å². The lowest BCUT2D eigenvalue weighted by atomic mass is 10.1. The second-order valence-corrected chi connectivity index (χ2v) is 4.76. The zero-order chi connectivity index (χ0) is 15.1. The Morgan fingerprint density at radius 1 is 1.38 bits per heavy atom. The van der Waals surface area contributed by atoms with E-state index in [-0.39, 0.29) is 5.91 Å². The Morgan fingerprint density at radius 3 is 3.00 bits per heavy atom. The molecule has 0 fully saturated rings. The number of aromatic nitrogens is 1. The van der Waals surface area contributed by atoms with Crippen LogP contribution in [-0.2, 0) is 11.2 Å². The standard InChI is InChI=1S/C16H20N2O3/c1-3-5-16(19)17-9-8-13-11-15(21-18-13)12-6-4-7-14(10-12)20-2/h4,6-7,10-11H,3,5,8-9H2,1-2H3,(H,17,19). The third kappa shape index (κ3) is 4.34. The molecule has 112 valence electrons. The summed E-state index contributed by atoms with van der Waals surface area (Å²) in [6.07, 6.45) is 2.08. The van der Waals surface area contributed by atoms with Gasteiger partial charge in [0, 0.05) is 31.0 Å². The molecule has 1 heterocycles. The van der Waals surface area contributed by atoms with E-state index < -0.39 is 0 Å². The molecule has 0 bridgehead atoms. The number of nitrogens with one attached hydrogen (secondary N) is 1. The van der Waals surface area contributed by atoms with Crippen LogP contribution in [0.4, 0.5) is 0 Å². The van der Waals surface area contributed by atoms with Crippen LogP contribution in [0.1, 0.15) is 25.5 Å². The molecule has 2 aromatic rings. The molecule has 0 saturated heterocycles. The minimum atomic E-state index is 0.0778. The number of hydrogen-bond acceptors (Lipinski definition) is 4. The third-order valence-corrected chi connectivity index (χ3v) is 3.09. The highest BCUT2D eigenvalue weighted by atomic mass is 16.5. The minimum absolute atomic E-state index is 0.0778. The van der Waals surface area contributed by atoms with Crippen LogP contribution in [0.15, 0.2) is 34.9 Å². The van der Waals surface area contributed by atoms with Crippen molar-refractivity contribution in [2.75, 3.05) is 13.7 Å². The van der Waals surface area contributed by atoms with Crippen molar-refractivity contribution in [2.24, 2.45) is 0 Å². The molecule has 1 aromatic carbocycles. The van der Waals surface area contributed by atoms with Gasteiger partial charge in [0.25, 0.3) is 0 Å². The SMILES string of the molecule is CCCC(=O)NCCc1cc(-c2cccc(OC)c2)on1. The van der Waals surface area contributed by atoms with E-state index in [1.807, 2.05) is 37.3 Å². The first-order valence-corrected chi connectivity index (χ1v) is 7.09. The van der Waals surface area contributed by atoms with Crippen LogP contribution in [0.5, 0.6) is 5.75 Å². The average molecular weight is 288 g/mol. The van der Waals surface area contributed by atoms with E-state index in [1.165, 1.54) is 0 Å². The lowest BCUT2D eigenvalue weighted by Crippen LogP contribution is -2.25. The van der Waals surface area contributed by atoms with Crippen LogP contribution in [0.25, 0.3) is 11.3 Å². The predicted octanol–water partition coefficient (Wildman–Crippen LogP) is 2.81. The summed E-state index contributed by atoms with van der Waals surface area (Å²) in [6, 6.07) is 9.51. The van der Waals surface area contributed by atoms with Crippen LogP contribution in [0.3, 0.4) is 0 Å². The van der Waals surface area contributed by atoms with Crippen molar-refractivity contribution >= 4 is 5.91 Å². The third-order valence-electron chi connectivity index (χ3n) is 3.09. The van der Waals surface area contributed by atoms with Gasteiger partial charge in [-0.2, -0.15) is 0 Å². The van der Waals surface area contributed by atoms with Crippen LogP contribution in [-0.4, -0.2) is 24.7 Å². The predicted molar refractivity (Wildman–Crippen MR) is 80.1 cm³/mol. The van der Waals surface area contributed by atoms with E-state index in [4.69, 9.17) is 9.26 Å². The number of nitrogens with zero attached hydrogens (tertiary/aromatic N) is 1. The first-order valence-electron chi connectivity index (χ1n) is 7.09. The highest BCUT2D eigenvalue weighted by Crippen LogP contribution is 2.24. The number of hydrogen-bond donors (Lipinski definition) is 1. The fourth-order valence-corrected chi connectivity index (χ4v) is 1.99. The lowest BCUT2D eigenvalue weighted by Gasteiger charge is -2.01. The molecule has 0 spiro atoms. The Balaban J connectivity index is 1.93. The van der Waals surface area contributed by atoms with Gasteiger partial charge < -0.3 is 14.6 Å². The van der Waals surface area contributed by atoms with Crippen LogP contribution < -0.4 is 10.1 Å². The Morgan fingerprint density at radius 2 is 2.24 bits per heavy atom. The molecular weight excluding hydrogens is 268 g/mol. The van der Waals surface area contributed by atoms with Crippen LogP contribution in [0.2, 0.25) is 0 Å². The van der Waals surface area contributed by atoms with E-state index in [1.54, 1.807) is 7.11 Å². The molecule has 0 aliphatic rings. The molecule has 1 aromatic heterocycles. The molecule has 5 heteroatoms. The Hall–Kier alpha value is -2.30. The summed E-state index contributed by atoms with van der Waals surface area (Å²) in [4.78, 5) is 11.4. The fraction of sp³-hybridized carbons (Fsp3) is 0.375. The summed E-state index contributed by atoms with van der Waals surface area (Å²) in [5, 5.41) is 6.88. The number of carbonyl (C=O) groups excluding carboxylic acids is 1. The Kier molecular flexibility index (Phi) is 5.37. The van der Waals surface area contributed by atoms with Crippen molar-refractivity contribution in [2.45, 2.75) is 26.2 Å². The zero-order valence-electron chi connectivity index (χ0n) is 12.4. The number of benzene rings is 1. The molecule has 0 aliphatic heterocycles. The van der Waals surface area contributed by atoms with E-state index in [2.05, 4.69) is 10.5 Å². The quantitative estimate of drug-likeness (QED) is 0.851. The number of ether oxygens (including phenoxy) is 1. The number of rotatable bonds is 7. The normalized spacial score (nSPS) is 10.4. The molecule has 0 saturated carbocycles. The second kappa shape index (κ2) is 7.47. The van der Waals surface area contributed by atoms with Gasteiger partial charge in [-0.15, -0.1) is 0 Å².